The van der Waals surface area contributed by atoms with Crippen LogP contribution >= 0.6 is 0 Å². The Bertz CT molecular complexity index is 561. The van der Waals surface area contributed by atoms with E-state index in [1.807, 2.05) is 0 Å². The average Bonchev–Trinajstić information content (AvgIpc) is 2.50. The first kappa shape index (κ1) is 14.5. The highest BCUT2D eigenvalue weighted by Crippen LogP contribution is 2.31. The minimum atomic E-state index is -3.49. The third-order valence-corrected chi connectivity index (χ3v) is 6.05. The van der Waals surface area contributed by atoms with Crippen molar-refractivity contribution < 1.29 is 8.42 Å². The molecule has 1 aliphatic rings. The maximum absolute atomic E-state index is 12.8. The van der Waals surface area contributed by atoms with E-state index in [2.05, 4.69) is 5.10 Å². The van der Waals surface area contributed by atoms with Crippen molar-refractivity contribution in [1.29, 1.82) is 0 Å². The molecule has 1 aromatic rings. The van der Waals surface area contributed by atoms with Gasteiger partial charge >= 0.3 is 0 Å². The molecule has 0 radical (unpaired) electrons. The van der Waals surface area contributed by atoms with Gasteiger partial charge in [-0.3, -0.25) is 4.68 Å². The number of aromatic nitrogens is 2. The molecule has 0 amide bonds. The molecule has 0 spiro atoms. The molecule has 0 bridgehead atoms. The third kappa shape index (κ3) is 2.42. The molecule has 0 saturated heterocycles. The van der Waals surface area contributed by atoms with Crippen LogP contribution in [0.3, 0.4) is 0 Å². The Kier molecular flexibility index (Phi) is 3.98. The average molecular weight is 286 g/mol. The van der Waals surface area contributed by atoms with Crippen molar-refractivity contribution in [3.63, 3.8) is 0 Å². The van der Waals surface area contributed by atoms with Crippen LogP contribution < -0.4 is 5.73 Å². The minimum Gasteiger partial charge on any atom is -0.329 e. The number of sulfonamides is 1. The maximum Gasteiger partial charge on any atom is 0.247 e. The third-order valence-electron chi connectivity index (χ3n) is 3.84. The Morgan fingerprint density at radius 2 is 2.05 bits per heavy atom. The summed E-state index contributed by atoms with van der Waals surface area (Å²) in [5.41, 5.74) is 6.81. The highest BCUT2D eigenvalue weighted by Gasteiger charge is 2.37. The molecule has 0 unspecified atom stereocenters. The van der Waals surface area contributed by atoms with Crippen LogP contribution in [0.25, 0.3) is 0 Å². The van der Waals surface area contributed by atoms with Crippen LogP contribution in [0.1, 0.15) is 30.7 Å². The van der Waals surface area contributed by atoms with Crippen LogP contribution in [0.5, 0.6) is 0 Å². The number of hydrogen-bond donors (Lipinski definition) is 1. The molecule has 6 nitrogen and oxygen atoms in total. The summed E-state index contributed by atoms with van der Waals surface area (Å²) >= 11 is 0. The van der Waals surface area contributed by atoms with E-state index < -0.39 is 10.0 Å². The molecule has 2 N–H and O–H groups in total. The zero-order chi connectivity index (χ0) is 14.2. The lowest BCUT2D eigenvalue weighted by Gasteiger charge is -2.36. The molecular weight excluding hydrogens is 264 g/mol. The van der Waals surface area contributed by atoms with Gasteiger partial charge in [-0.25, -0.2) is 8.42 Å². The van der Waals surface area contributed by atoms with Gasteiger partial charge in [-0.15, -0.1) is 0 Å². The number of rotatable bonds is 5. The van der Waals surface area contributed by atoms with Gasteiger partial charge < -0.3 is 5.73 Å². The van der Waals surface area contributed by atoms with Gasteiger partial charge in [0.05, 0.1) is 11.4 Å². The maximum atomic E-state index is 12.8. The van der Waals surface area contributed by atoms with E-state index in [-0.39, 0.29) is 6.04 Å². The van der Waals surface area contributed by atoms with Crippen LogP contribution in [-0.4, -0.2) is 41.6 Å². The summed E-state index contributed by atoms with van der Waals surface area (Å²) in [6.07, 6.45) is 2.95. The fourth-order valence-corrected chi connectivity index (χ4v) is 4.65. The largest absolute Gasteiger partial charge is 0.329 e. The Labute approximate surface area is 114 Å². The molecule has 0 aliphatic heterocycles. The Morgan fingerprint density at radius 1 is 1.42 bits per heavy atom. The van der Waals surface area contributed by atoms with Gasteiger partial charge in [-0.1, -0.05) is 6.42 Å². The molecule has 7 heteroatoms. The van der Waals surface area contributed by atoms with Crippen molar-refractivity contribution in [2.75, 3.05) is 13.1 Å². The van der Waals surface area contributed by atoms with Crippen molar-refractivity contribution in [1.82, 2.24) is 14.1 Å². The van der Waals surface area contributed by atoms with Gasteiger partial charge in [-0.05, 0) is 26.7 Å². The Hall–Kier alpha value is -0.920. The molecule has 1 heterocycles. The molecule has 0 aromatic carbocycles. The zero-order valence-corrected chi connectivity index (χ0v) is 12.6. The van der Waals surface area contributed by atoms with Gasteiger partial charge in [0, 0.05) is 26.2 Å². The normalized spacial score (nSPS) is 16.9. The Balaban J connectivity index is 2.44. The zero-order valence-electron chi connectivity index (χ0n) is 11.8. The number of aryl methyl sites for hydroxylation is 2. The summed E-state index contributed by atoms with van der Waals surface area (Å²) in [5.74, 6) is 0. The monoisotopic (exact) mass is 286 g/mol. The second-order valence-electron chi connectivity index (χ2n) is 5.11. The second kappa shape index (κ2) is 5.22. The number of nitrogens with zero attached hydrogens (tertiary/aromatic N) is 3. The van der Waals surface area contributed by atoms with E-state index in [9.17, 15) is 8.42 Å². The molecule has 1 saturated carbocycles. The summed E-state index contributed by atoms with van der Waals surface area (Å²) in [5, 5.41) is 4.20. The standard InChI is InChI=1S/C12H22N4O2S/c1-9-12(10(2)15(3)14-9)19(17,18)16(8-7-13)11-5-4-6-11/h11H,4-8,13H2,1-3H3. The molecular formula is C12H22N4O2S. The van der Waals surface area contributed by atoms with E-state index in [1.165, 1.54) is 0 Å². The number of nitrogens with two attached hydrogens (primary N) is 1. The summed E-state index contributed by atoms with van der Waals surface area (Å²) < 4.78 is 28.8. The summed E-state index contributed by atoms with van der Waals surface area (Å²) in [4.78, 5) is 0.343. The van der Waals surface area contributed by atoms with Crippen molar-refractivity contribution in [2.45, 2.75) is 44.0 Å². The molecule has 1 aliphatic carbocycles. The highest BCUT2D eigenvalue weighted by molar-refractivity contribution is 7.89. The van der Waals surface area contributed by atoms with Crippen molar-refractivity contribution >= 4 is 10.0 Å². The van der Waals surface area contributed by atoms with Crippen LogP contribution in [-0.2, 0) is 17.1 Å². The van der Waals surface area contributed by atoms with Gasteiger partial charge in [-0.2, -0.15) is 9.40 Å². The summed E-state index contributed by atoms with van der Waals surface area (Å²) in [6.45, 7) is 4.24. The Morgan fingerprint density at radius 3 is 2.42 bits per heavy atom. The fourth-order valence-electron chi connectivity index (χ4n) is 2.55. The van der Waals surface area contributed by atoms with Crippen LogP contribution in [0.15, 0.2) is 4.90 Å². The summed E-state index contributed by atoms with van der Waals surface area (Å²) in [7, 11) is -1.73. The topological polar surface area (TPSA) is 81.2 Å². The lowest BCUT2D eigenvalue weighted by atomic mass is 9.93. The lowest BCUT2D eigenvalue weighted by molar-refractivity contribution is 0.223. The lowest BCUT2D eigenvalue weighted by Crippen LogP contribution is -2.46. The van der Waals surface area contributed by atoms with Crippen LogP contribution in [0.4, 0.5) is 0 Å². The van der Waals surface area contributed by atoms with Gasteiger partial charge in [0.1, 0.15) is 4.90 Å². The van der Waals surface area contributed by atoms with Crippen LogP contribution in [0, 0.1) is 13.8 Å². The summed E-state index contributed by atoms with van der Waals surface area (Å²) in [6, 6.07) is 0.104. The molecule has 0 atom stereocenters. The van der Waals surface area contributed by atoms with Crippen molar-refractivity contribution in [2.24, 2.45) is 12.8 Å². The molecule has 2 rings (SSSR count). The van der Waals surface area contributed by atoms with E-state index >= 15 is 0 Å². The van der Waals surface area contributed by atoms with Crippen molar-refractivity contribution in [3.8, 4) is 0 Å². The highest BCUT2D eigenvalue weighted by atomic mass is 32.2. The predicted molar refractivity (Wildman–Crippen MR) is 73.3 cm³/mol. The predicted octanol–water partition coefficient (Wildman–Crippen LogP) is 0.539. The van der Waals surface area contributed by atoms with Gasteiger partial charge in [0.2, 0.25) is 10.0 Å². The molecule has 1 aromatic heterocycles. The molecule has 1 fully saturated rings. The second-order valence-corrected chi connectivity index (χ2v) is 6.94. The fraction of sp³-hybridized carbons (Fsp3) is 0.750. The first-order valence-electron chi connectivity index (χ1n) is 6.61. The minimum absolute atomic E-state index is 0.104. The van der Waals surface area contributed by atoms with E-state index in [1.54, 1.807) is 29.9 Å². The van der Waals surface area contributed by atoms with Gasteiger partial charge in [0.25, 0.3) is 0 Å². The smallest absolute Gasteiger partial charge is 0.247 e. The van der Waals surface area contributed by atoms with Crippen LogP contribution in [0.2, 0.25) is 0 Å². The van der Waals surface area contributed by atoms with E-state index in [0.717, 1.165) is 19.3 Å². The first-order chi connectivity index (χ1) is 8.89. The van der Waals surface area contributed by atoms with Gasteiger partial charge in [0.15, 0.2) is 0 Å². The molecule has 108 valence electrons. The SMILES string of the molecule is Cc1nn(C)c(C)c1S(=O)(=O)N(CCN)C1CCC1. The van der Waals surface area contributed by atoms with E-state index in [0.29, 0.717) is 29.4 Å². The molecule has 19 heavy (non-hydrogen) atoms. The first-order valence-corrected chi connectivity index (χ1v) is 8.05. The van der Waals surface area contributed by atoms with E-state index in [4.69, 9.17) is 5.73 Å². The number of hydrogen-bond acceptors (Lipinski definition) is 4. The quantitative estimate of drug-likeness (QED) is 0.856. The van der Waals surface area contributed by atoms with Crippen molar-refractivity contribution in [3.05, 3.63) is 11.4 Å².